The predicted octanol–water partition coefficient (Wildman–Crippen LogP) is 2.41. The second-order valence-corrected chi connectivity index (χ2v) is 12.8. The molecule has 1 aliphatic heterocycles. The fourth-order valence-corrected chi connectivity index (χ4v) is 5.42. The van der Waals surface area contributed by atoms with E-state index in [9.17, 15) is 24.0 Å². The molecule has 1 aromatic rings. The topological polar surface area (TPSA) is 169 Å². The van der Waals surface area contributed by atoms with Gasteiger partial charge in [0.15, 0.2) is 5.78 Å². The van der Waals surface area contributed by atoms with E-state index in [4.69, 9.17) is 10.5 Å². The van der Waals surface area contributed by atoms with Gasteiger partial charge in [-0.3, -0.25) is 14.6 Å². The van der Waals surface area contributed by atoms with Gasteiger partial charge in [0.1, 0.15) is 18.0 Å². The number of carbonyl (C=O) groups excluding carboxylic acids is 3. The molecule has 3 rings (SSSR count). The van der Waals surface area contributed by atoms with Crippen molar-refractivity contribution in [1.82, 2.24) is 24.8 Å². The molecule has 1 aliphatic carbocycles. The summed E-state index contributed by atoms with van der Waals surface area (Å²) in [5, 5.41) is 2.80. The summed E-state index contributed by atoms with van der Waals surface area (Å²) in [6.45, 7) is 12.1. The third-order valence-electron chi connectivity index (χ3n) is 7.97. The van der Waals surface area contributed by atoms with Crippen LogP contribution in [0.15, 0.2) is 15.8 Å². The molecule has 4 N–H and O–H groups in total. The number of ether oxygens (including phenoxy) is 1. The summed E-state index contributed by atoms with van der Waals surface area (Å²) in [6.07, 6.45) is 6.39. The standard InChI is InChI=1S/C29H46N6O6/c1-17(2)23(36)22-18(3)12-15-34(22)25(37)24(29(4,5)6)33-28(40)41-20-16-19(20)10-8-7-9-14-35-26(38)31-21(11-13-30)32-27(35)39/h11,13,17-20,22,24H,7-10,12,14-16,30H2,1-6H3,(H,33,40)(H,31,32,38,39)/t18-,19-,20?,22+,24-/m1/s1. The predicted molar refractivity (Wildman–Crippen MR) is 155 cm³/mol. The highest BCUT2D eigenvalue weighted by Crippen LogP contribution is 2.38. The number of likely N-dealkylation sites (tertiary alicyclic amines) is 1. The van der Waals surface area contributed by atoms with Crippen LogP contribution >= 0.6 is 0 Å². The molecule has 228 valence electrons. The van der Waals surface area contributed by atoms with Crippen LogP contribution in [0.3, 0.4) is 0 Å². The molecule has 1 aromatic heterocycles. The van der Waals surface area contributed by atoms with E-state index in [1.54, 1.807) is 4.90 Å². The smallest absolute Gasteiger partial charge is 0.408 e. The van der Waals surface area contributed by atoms with Crippen molar-refractivity contribution >= 4 is 23.9 Å². The van der Waals surface area contributed by atoms with Crippen LogP contribution in [0.4, 0.5) is 4.79 Å². The summed E-state index contributed by atoms with van der Waals surface area (Å²) in [5.74, 6) is 0.0636. The third-order valence-corrected chi connectivity index (χ3v) is 7.97. The van der Waals surface area contributed by atoms with Crippen molar-refractivity contribution in [3.05, 3.63) is 33.0 Å². The molecule has 5 atom stereocenters. The van der Waals surface area contributed by atoms with Crippen molar-refractivity contribution in [3.8, 4) is 0 Å². The molecule has 0 radical (unpaired) electrons. The Balaban J connectivity index is 1.45. The zero-order chi connectivity index (χ0) is 30.5. The Morgan fingerprint density at radius 2 is 1.90 bits per heavy atom. The number of Topliss-reactive ketones (excluding diaryl/α,β-unsaturated/α-hetero) is 1. The minimum absolute atomic E-state index is 0.0489. The number of hydrogen-bond donors (Lipinski definition) is 3. The maximum Gasteiger partial charge on any atom is 0.408 e. The zero-order valence-corrected chi connectivity index (χ0v) is 25.1. The summed E-state index contributed by atoms with van der Waals surface area (Å²) >= 11 is 0. The highest BCUT2D eigenvalue weighted by atomic mass is 16.6. The first-order valence-electron chi connectivity index (χ1n) is 14.6. The Labute approximate surface area is 241 Å². The number of alkyl carbamates (subject to hydrolysis) is 1. The SMILES string of the molecule is CC(C)C(=O)[C@@H]1[C@H](C)CCN1C(=O)[C@@H](NC(=O)OC1C[C@H]1CCCCCn1c(=O)nc(C=CN)[nH]c1=O)C(C)(C)C. The number of unbranched alkanes of at least 4 members (excludes halogenated alkanes) is 2. The Morgan fingerprint density at radius 3 is 2.51 bits per heavy atom. The fourth-order valence-electron chi connectivity index (χ4n) is 5.42. The van der Waals surface area contributed by atoms with E-state index >= 15 is 0 Å². The first-order chi connectivity index (χ1) is 19.2. The molecule has 41 heavy (non-hydrogen) atoms. The van der Waals surface area contributed by atoms with Gasteiger partial charge in [-0.2, -0.15) is 4.98 Å². The van der Waals surface area contributed by atoms with Crippen LogP contribution in [0.2, 0.25) is 0 Å². The number of ketones is 1. The number of H-pyrrole nitrogens is 1. The fraction of sp³-hybridized carbons (Fsp3) is 0.724. The number of rotatable bonds is 12. The van der Waals surface area contributed by atoms with Crippen molar-refractivity contribution in [1.29, 1.82) is 0 Å². The largest absolute Gasteiger partial charge is 0.446 e. The maximum absolute atomic E-state index is 13.6. The van der Waals surface area contributed by atoms with Crippen LogP contribution < -0.4 is 22.4 Å². The second-order valence-electron chi connectivity index (χ2n) is 12.8. The van der Waals surface area contributed by atoms with Crippen molar-refractivity contribution in [2.24, 2.45) is 28.9 Å². The van der Waals surface area contributed by atoms with Crippen LogP contribution in [-0.2, 0) is 20.9 Å². The van der Waals surface area contributed by atoms with Gasteiger partial charge >= 0.3 is 17.5 Å². The van der Waals surface area contributed by atoms with E-state index in [-0.39, 0.29) is 47.9 Å². The van der Waals surface area contributed by atoms with Gasteiger partial charge in [0, 0.05) is 19.0 Å². The zero-order valence-electron chi connectivity index (χ0n) is 25.1. The van der Waals surface area contributed by atoms with Crippen LogP contribution in [0.1, 0.15) is 85.9 Å². The molecule has 2 aliphatic rings. The number of nitrogens with zero attached hydrogens (tertiary/aromatic N) is 3. The number of carbonyl (C=O) groups is 3. The summed E-state index contributed by atoms with van der Waals surface area (Å²) in [6, 6.07) is -1.29. The molecule has 1 saturated heterocycles. The molecule has 0 bridgehead atoms. The van der Waals surface area contributed by atoms with Gasteiger partial charge in [0.05, 0.1) is 6.04 Å². The average molecular weight is 575 g/mol. The van der Waals surface area contributed by atoms with Crippen LogP contribution in [-0.4, -0.2) is 62.0 Å². The molecule has 2 fully saturated rings. The van der Waals surface area contributed by atoms with Crippen molar-refractivity contribution in [3.63, 3.8) is 0 Å². The minimum atomic E-state index is -0.818. The second kappa shape index (κ2) is 13.5. The van der Waals surface area contributed by atoms with Crippen LogP contribution in [0, 0.1) is 23.2 Å². The lowest BCUT2D eigenvalue weighted by molar-refractivity contribution is -0.143. The number of nitrogens with two attached hydrogens (primary N) is 1. The van der Waals surface area contributed by atoms with Gasteiger partial charge in [-0.1, -0.05) is 54.4 Å². The van der Waals surface area contributed by atoms with Crippen molar-refractivity contribution < 1.29 is 19.1 Å². The first-order valence-corrected chi connectivity index (χ1v) is 14.6. The normalized spacial score (nSPS) is 23.1. The van der Waals surface area contributed by atoms with Gasteiger partial charge in [-0.25, -0.2) is 19.0 Å². The van der Waals surface area contributed by atoms with Crippen LogP contribution in [0.25, 0.3) is 6.08 Å². The minimum Gasteiger partial charge on any atom is -0.446 e. The first kappa shape index (κ1) is 32.1. The van der Waals surface area contributed by atoms with E-state index in [1.807, 2.05) is 41.5 Å². The third kappa shape index (κ3) is 8.29. The molecule has 12 heteroatoms. The number of aromatic nitrogens is 3. The lowest BCUT2D eigenvalue weighted by Gasteiger charge is -2.36. The van der Waals surface area contributed by atoms with Crippen molar-refractivity contribution in [2.45, 2.75) is 105 Å². The van der Waals surface area contributed by atoms with Gasteiger partial charge in [0.2, 0.25) is 5.91 Å². The van der Waals surface area contributed by atoms with Gasteiger partial charge in [-0.05, 0) is 55.2 Å². The quantitative estimate of drug-likeness (QED) is 0.320. The maximum atomic E-state index is 13.6. The number of nitrogens with one attached hydrogen (secondary N) is 2. The molecule has 1 unspecified atom stereocenters. The monoisotopic (exact) mass is 574 g/mol. The molecule has 0 aromatic carbocycles. The Morgan fingerprint density at radius 1 is 1.20 bits per heavy atom. The molecule has 0 spiro atoms. The summed E-state index contributed by atoms with van der Waals surface area (Å²) in [4.78, 5) is 71.4. The molecule has 2 amide bonds. The van der Waals surface area contributed by atoms with Crippen molar-refractivity contribution in [2.75, 3.05) is 6.54 Å². The number of aromatic amines is 1. The van der Waals surface area contributed by atoms with Gasteiger partial charge in [0.25, 0.3) is 0 Å². The molecule has 2 heterocycles. The lowest BCUT2D eigenvalue weighted by atomic mass is 9.85. The van der Waals surface area contributed by atoms with E-state index < -0.39 is 35.0 Å². The van der Waals surface area contributed by atoms with E-state index in [0.717, 1.165) is 36.7 Å². The molecule has 12 nitrogen and oxygen atoms in total. The van der Waals surface area contributed by atoms with E-state index in [1.165, 1.54) is 12.3 Å². The molecular formula is C29H46N6O6. The highest BCUT2D eigenvalue weighted by molar-refractivity contribution is 5.94. The number of hydrogen-bond acceptors (Lipinski definition) is 8. The van der Waals surface area contributed by atoms with Crippen LogP contribution in [0.5, 0.6) is 0 Å². The summed E-state index contributed by atoms with van der Waals surface area (Å²) in [7, 11) is 0. The highest BCUT2D eigenvalue weighted by Gasteiger charge is 2.46. The van der Waals surface area contributed by atoms with E-state index in [0.29, 0.717) is 13.0 Å². The summed E-state index contributed by atoms with van der Waals surface area (Å²) < 4.78 is 6.70. The summed E-state index contributed by atoms with van der Waals surface area (Å²) in [5.41, 5.74) is 3.56. The lowest BCUT2D eigenvalue weighted by Crippen LogP contribution is -2.57. The Kier molecular flexibility index (Phi) is 10.5. The number of amides is 2. The Hall–Kier alpha value is -3.44. The average Bonchev–Trinajstić information content (AvgIpc) is 3.49. The van der Waals surface area contributed by atoms with E-state index in [2.05, 4.69) is 15.3 Å². The molecule has 1 saturated carbocycles. The Bertz CT molecular complexity index is 1210. The van der Waals surface area contributed by atoms with Gasteiger partial charge in [-0.15, -0.1) is 0 Å². The van der Waals surface area contributed by atoms with Gasteiger partial charge < -0.3 is 20.7 Å². The molecular weight excluding hydrogens is 528 g/mol.